The van der Waals surface area contributed by atoms with E-state index in [0.717, 1.165) is 49.6 Å². The molecule has 1 fully saturated rings. The van der Waals surface area contributed by atoms with Crippen molar-refractivity contribution in [3.05, 3.63) is 47.5 Å². The summed E-state index contributed by atoms with van der Waals surface area (Å²) in [6, 6.07) is 6.10. The van der Waals surface area contributed by atoms with Crippen LogP contribution in [0.1, 0.15) is 55.4 Å². The third-order valence-corrected chi connectivity index (χ3v) is 5.97. The molecule has 2 aliphatic rings. The molecule has 10 nitrogen and oxygen atoms in total. The Balaban J connectivity index is 1.43. The van der Waals surface area contributed by atoms with E-state index in [4.69, 9.17) is 0 Å². The fourth-order valence-corrected chi connectivity index (χ4v) is 3.82. The van der Waals surface area contributed by atoms with Crippen LogP contribution in [0.25, 0.3) is 0 Å². The second-order valence-corrected chi connectivity index (χ2v) is 10.1. The fourth-order valence-electron chi connectivity index (χ4n) is 3.82. The highest BCUT2D eigenvalue weighted by Gasteiger charge is 2.26. The van der Waals surface area contributed by atoms with E-state index >= 15 is 0 Å². The Bertz CT molecular complexity index is 1210. The van der Waals surface area contributed by atoms with E-state index in [1.54, 1.807) is 12.4 Å². The maximum absolute atomic E-state index is 12.9. The van der Waals surface area contributed by atoms with E-state index in [-0.39, 0.29) is 17.4 Å². The molecule has 3 aromatic heterocycles. The highest BCUT2D eigenvalue weighted by Crippen LogP contribution is 2.27. The van der Waals surface area contributed by atoms with Gasteiger partial charge in [-0.05, 0) is 32.0 Å². The van der Waals surface area contributed by atoms with Crippen LogP contribution in [0.2, 0.25) is 0 Å². The molecule has 1 saturated carbocycles. The first-order valence-corrected chi connectivity index (χ1v) is 11.7. The number of hydrogen-bond donors (Lipinski definition) is 3. The summed E-state index contributed by atoms with van der Waals surface area (Å²) in [5.41, 5.74) is 3.20. The molecule has 0 radical (unpaired) electrons. The number of amides is 1. The molecule has 3 aromatic rings. The van der Waals surface area contributed by atoms with Gasteiger partial charge >= 0.3 is 0 Å². The quantitative estimate of drug-likeness (QED) is 0.513. The molecule has 0 bridgehead atoms. The summed E-state index contributed by atoms with van der Waals surface area (Å²) in [4.78, 5) is 28.7. The summed E-state index contributed by atoms with van der Waals surface area (Å²) >= 11 is 0. The van der Waals surface area contributed by atoms with Crippen molar-refractivity contribution in [1.82, 2.24) is 34.9 Å². The second-order valence-electron chi connectivity index (χ2n) is 10.1. The molecular formula is C24H31N9O. The highest BCUT2D eigenvalue weighted by atomic mass is 16.1. The number of pyridine rings is 1. The van der Waals surface area contributed by atoms with Crippen molar-refractivity contribution in [2.24, 2.45) is 0 Å². The number of rotatable bonds is 6. The smallest absolute Gasteiger partial charge is 0.256 e. The molecule has 5 rings (SSSR count). The summed E-state index contributed by atoms with van der Waals surface area (Å²) in [7, 11) is 2.10. The molecule has 3 N–H and O–H groups in total. The number of aromatic nitrogens is 5. The first-order valence-electron chi connectivity index (χ1n) is 11.7. The molecular weight excluding hydrogens is 430 g/mol. The van der Waals surface area contributed by atoms with E-state index in [2.05, 4.69) is 68.7 Å². The zero-order valence-electron chi connectivity index (χ0n) is 20.1. The molecule has 1 aliphatic carbocycles. The molecule has 0 saturated heterocycles. The first kappa shape index (κ1) is 22.3. The van der Waals surface area contributed by atoms with Crippen molar-refractivity contribution >= 4 is 29.2 Å². The number of likely N-dealkylation sites (N-methyl/N-ethyl adjacent to an activating group) is 1. The van der Waals surface area contributed by atoms with Crippen LogP contribution in [0, 0.1) is 0 Å². The first-order chi connectivity index (χ1) is 16.2. The Hall–Kier alpha value is -3.53. The molecule has 1 aliphatic heterocycles. The van der Waals surface area contributed by atoms with Gasteiger partial charge in [-0.1, -0.05) is 20.8 Å². The zero-order valence-corrected chi connectivity index (χ0v) is 20.1. The van der Waals surface area contributed by atoms with E-state index in [1.165, 1.54) is 0 Å². The number of nitrogens with zero attached hydrogens (tertiary/aromatic N) is 6. The molecule has 34 heavy (non-hydrogen) atoms. The lowest BCUT2D eigenvalue weighted by molar-refractivity contribution is 0.0951. The summed E-state index contributed by atoms with van der Waals surface area (Å²) in [6.45, 7) is 9.00. The standard InChI is InChI=1S/C24H31N9O/c1-24(2,3)19-11-16(7-8-25-19)27-21-18(22(34)28-15-5-6-15)13-26-23(30-21)29-20-12-17-14-32(4)9-10-33(17)31-20/h7-8,11-13,15H,5-6,9-10,14H2,1-4H3,(H,28,34)(H2,25,26,27,29,30,31). The van der Waals surface area contributed by atoms with Gasteiger partial charge in [0.25, 0.3) is 5.91 Å². The minimum absolute atomic E-state index is 0.101. The van der Waals surface area contributed by atoms with Crippen molar-refractivity contribution in [3.8, 4) is 0 Å². The van der Waals surface area contributed by atoms with Gasteiger partial charge in [0, 0.05) is 54.4 Å². The second kappa shape index (κ2) is 8.68. The normalized spacial score (nSPS) is 16.1. The topological polar surface area (TPSA) is 113 Å². The monoisotopic (exact) mass is 461 g/mol. The minimum Gasteiger partial charge on any atom is -0.349 e. The minimum atomic E-state index is -0.179. The summed E-state index contributed by atoms with van der Waals surface area (Å²) < 4.78 is 2.00. The average Bonchev–Trinajstić information content (AvgIpc) is 3.50. The number of nitrogens with one attached hydrogen (secondary N) is 3. The fraction of sp³-hybridized carbons (Fsp3) is 0.458. The number of carbonyl (C=O) groups is 1. The van der Waals surface area contributed by atoms with Crippen molar-refractivity contribution < 1.29 is 4.79 Å². The largest absolute Gasteiger partial charge is 0.349 e. The lowest BCUT2D eigenvalue weighted by Gasteiger charge is -2.22. The highest BCUT2D eigenvalue weighted by molar-refractivity contribution is 5.99. The van der Waals surface area contributed by atoms with Crippen molar-refractivity contribution in [3.63, 3.8) is 0 Å². The summed E-state index contributed by atoms with van der Waals surface area (Å²) in [6.07, 6.45) is 5.34. The van der Waals surface area contributed by atoms with Gasteiger partial charge in [0.1, 0.15) is 11.4 Å². The van der Waals surface area contributed by atoms with E-state index in [1.807, 2.05) is 22.9 Å². The van der Waals surface area contributed by atoms with E-state index in [0.29, 0.717) is 23.1 Å². The number of carbonyl (C=O) groups excluding carboxylic acids is 1. The third kappa shape index (κ3) is 5.01. The van der Waals surface area contributed by atoms with Crippen LogP contribution in [0.5, 0.6) is 0 Å². The van der Waals surface area contributed by atoms with Crippen LogP contribution in [-0.4, -0.2) is 55.2 Å². The molecule has 10 heteroatoms. The van der Waals surface area contributed by atoms with Crippen molar-refractivity contribution in [2.45, 2.75) is 58.2 Å². The molecule has 0 atom stereocenters. The number of anilines is 4. The summed E-state index contributed by atoms with van der Waals surface area (Å²) in [5, 5.41) is 14.2. The van der Waals surface area contributed by atoms with Gasteiger partial charge in [-0.25, -0.2) is 4.98 Å². The maximum atomic E-state index is 12.9. The Kier molecular flexibility index (Phi) is 5.68. The van der Waals surface area contributed by atoms with Gasteiger partial charge in [0.05, 0.1) is 12.2 Å². The Labute approximate surface area is 199 Å². The van der Waals surface area contributed by atoms with Gasteiger partial charge in [0.2, 0.25) is 5.95 Å². The summed E-state index contributed by atoms with van der Waals surface area (Å²) in [5.74, 6) is 1.32. The Morgan fingerprint density at radius 2 is 1.94 bits per heavy atom. The Morgan fingerprint density at radius 3 is 2.71 bits per heavy atom. The van der Waals surface area contributed by atoms with Crippen LogP contribution >= 0.6 is 0 Å². The average molecular weight is 462 g/mol. The van der Waals surface area contributed by atoms with Crippen LogP contribution in [0.3, 0.4) is 0 Å². The van der Waals surface area contributed by atoms with Gasteiger partial charge in [-0.2, -0.15) is 10.1 Å². The molecule has 1 amide bonds. The van der Waals surface area contributed by atoms with Crippen molar-refractivity contribution in [2.75, 3.05) is 24.2 Å². The van der Waals surface area contributed by atoms with Gasteiger partial charge in [0.15, 0.2) is 5.82 Å². The SMILES string of the molecule is CN1CCn2nc(Nc3ncc(C(=O)NC4CC4)c(Nc4ccnc(C(C)(C)C)c4)n3)cc2C1. The molecule has 178 valence electrons. The lowest BCUT2D eigenvalue weighted by atomic mass is 9.91. The van der Waals surface area contributed by atoms with Gasteiger partial charge in [-0.3, -0.25) is 19.4 Å². The van der Waals surface area contributed by atoms with Crippen LogP contribution in [0.4, 0.5) is 23.3 Å². The van der Waals surface area contributed by atoms with Crippen LogP contribution in [-0.2, 0) is 18.5 Å². The maximum Gasteiger partial charge on any atom is 0.256 e. The number of hydrogen-bond acceptors (Lipinski definition) is 8. The molecule has 0 spiro atoms. The van der Waals surface area contributed by atoms with E-state index in [9.17, 15) is 4.79 Å². The Morgan fingerprint density at radius 1 is 1.12 bits per heavy atom. The van der Waals surface area contributed by atoms with E-state index < -0.39 is 0 Å². The van der Waals surface area contributed by atoms with Crippen LogP contribution < -0.4 is 16.0 Å². The zero-order chi connectivity index (χ0) is 23.9. The lowest BCUT2D eigenvalue weighted by Crippen LogP contribution is -2.30. The third-order valence-electron chi connectivity index (χ3n) is 5.97. The van der Waals surface area contributed by atoms with Gasteiger partial charge in [-0.15, -0.1) is 0 Å². The van der Waals surface area contributed by atoms with Crippen LogP contribution in [0.15, 0.2) is 30.6 Å². The predicted molar refractivity (Wildman–Crippen MR) is 131 cm³/mol. The molecule has 4 heterocycles. The van der Waals surface area contributed by atoms with Gasteiger partial charge < -0.3 is 16.0 Å². The predicted octanol–water partition coefficient (Wildman–Crippen LogP) is 3.19. The van der Waals surface area contributed by atoms with Crippen molar-refractivity contribution in [1.29, 1.82) is 0 Å². The number of fused-ring (bicyclic) bond motifs is 1. The molecule has 0 aromatic carbocycles. The molecule has 0 unspecified atom stereocenters.